The number of nitrogens with zero attached hydrogens (tertiary/aromatic N) is 1. The van der Waals surface area contributed by atoms with Crippen LogP contribution in [-0.4, -0.2) is 19.3 Å². The van der Waals surface area contributed by atoms with Gasteiger partial charge in [-0.15, -0.1) is 0 Å². The van der Waals surface area contributed by atoms with Crippen molar-refractivity contribution in [2.24, 2.45) is 0 Å². The fourth-order valence-electron chi connectivity index (χ4n) is 2.77. The number of rotatable bonds is 6. The van der Waals surface area contributed by atoms with E-state index in [4.69, 9.17) is 0 Å². The van der Waals surface area contributed by atoms with Crippen LogP contribution in [0.2, 0.25) is 0 Å². The van der Waals surface area contributed by atoms with Gasteiger partial charge < -0.3 is 5.32 Å². The van der Waals surface area contributed by atoms with Gasteiger partial charge in [-0.25, -0.2) is 8.42 Å². The van der Waals surface area contributed by atoms with E-state index in [1.54, 1.807) is 18.3 Å². The summed E-state index contributed by atoms with van der Waals surface area (Å²) in [5.74, 6) is -0.291. The van der Waals surface area contributed by atoms with Gasteiger partial charge in [0.15, 0.2) is 0 Å². The topological polar surface area (TPSA) is 88.2 Å². The molecule has 7 heteroatoms. The standard InChI is InChI=1S/C22H23N3O3S/c1-15-6-9-19(13-17(15)3)25-29(27,28)20-10-7-18(8-11-20)22(26)24-14-21-16(2)5-4-12-23-21/h4-13,25H,14H2,1-3H3,(H,24,26). The molecule has 0 spiro atoms. The molecule has 3 rings (SSSR count). The summed E-state index contributed by atoms with van der Waals surface area (Å²) in [6.07, 6.45) is 1.68. The number of hydrogen-bond donors (Lipinski definition) is 2. The molecule has 0 unspecified atom stereocenters. The van der Waals surface area contributed by atoms with Crippen LogP contribution in [0.3, 0.4) is 0 Å². The predicted molar refractivity (Wildman–Crippen MR) is 113 cm³/mol. The van der Waals surface area contributed by atoms with Crippen LogP contribution in [0.4, 0.5) is 5.69 Å². The summed E-state index contributed by atoms with van der Waals surface area (Å²) in [5, 5.41) is 2.80. The van der Waals surface area contributed by atoms with Crippen LogP contribution in [0.1, 0.15) is 32.7 Å². The third-order valence-corrected chi connectivity index (χ3v) is 6.12. The number of carbonyl (C=O) groups excluding carboxylic acids is 1. The van der Waals surface area contributed by atoms with Crippen molar-refractivity contribution in [3.8, 4) is 0 Å². The average Bonchev–Trinajstić information content (AvgIpc) is 2.70. The summed E-state index contributed by atoms with van der Waals surface area (Å²) in [6, 6.07) is 15.0. The zero-order valence-electron chi connectivity index (χ0n) is 16.6. The molecule has 0 aliphatic heterocycles. The minimum atomic E-state index is -3.74. The molecule has 3 aromatic rings. The number of carbonyl (C=O) groups is 1. The first-order chi connectivity index (χ1) is 13.8. The fourth-order valence-corrected chi connectivity index (χ4v) is 3.82. The second-order valence-electron chi connectivity index (χ2n) is 6.88. The number of anilines is 1. The Morgan fingerprint density at radius 1 is 0.931 bits per heavy atom. The first-order valence-electron chi connectivity index (χ1n) is 9.15. The van der Waals surface area contributed by atoms with Crippen LogP contribution in [0.5, 0.6) is 0 Å². The monoisotopic (exact) mass is 409 g/mol. The van der Waals surface area contributed by atoms with Gasteiger partial charge in [0.2, 0.25) is 0 Å². The van der Waals surface area contributed by atoms with Gasteiger partial charge in [0.25, 0.3) is 15.9 Å². The highest BCUT2D eigenvalue weighted by molar-refractivity contribution is 7.92. The Kier molecular flexibility index (Phi) is 5.98. The number of aromatic nitrogens is 1. The summed E-state index contributed by atoms with van der Waals surface area (Å²) in [4.78, 5) is 16.7. The molecule has 0 bridgehead atoms. The number of sulfonamides is 1. The molecule has 0 fully saturated rings. The molecular weight excluding hydrogens is 386 g/mol. The normalized spacial score (nSPS) is 11.1. The predicted octanol–water partition coefficient (Wildman–Crippen LogP) is 3.74. The lowest BCUT2D eigenvalue weighted by Gasteiger charge is -2.11. The van der Waals surface area contributed by atoms with E-state index in [1.807, 2.05) is 39.0 Å². The van der Waals surface area contributed by atoms with Gasteiger partial charge in [-0.1, -0.05) is 12.1 Å². The van der Waals surface area contributed by atoms with Gasteiger partial charge in [-0.05, 0) is 79.9 Å². The number of benzene rings is 2. The Bertz CT molecular complexity index is 1140. The molecule has 0 saturated heterocycles. The molecule has 0 aliphatic carbocycles. The van der Waals surface area contributed by atoms with Crippen LogP contribution in [0, 0.1) is 20.8 Å². The summed E-state index contributed by atoms with van der Waals surface area (Å²) >= 11 is 0. The lowest BCUT2D eigenvalue weighted by Crippen LogP contribution is -2.24. The van der Waals surface area contributed by atoms with Gasteiger partial charge in [0, 0.05) is 17.4 Å². The molecule has 2 aromatic carbocycles. The summed E-state index contributed by atoms with van der Waals surface area (Å²) in [6.45, 7) is 6.12. The van der Waals surface area contributed by atoms with Gasteiger partial charge in [0.05, 0.1) is 17.1 Å². The van der Waals surface area contributed by atoms with E-state index in [2.05, 4.69) is 15.0 Å². The minimum absolute atomic E-state index is 0.0906. The largest absolute Gasteiger partial charge is 0.346 e. The smallest absolute Gasteiger partial charge is 0.261 e. The van der Waals surface area contributed by atoms with Crippen LogP contribution in [0.15, 0.2) is 65.7 Å². The molecular formula is C22H23N3O3S. The Balaban J connectivity index is 1.69. The van der Waals surface area contributed by atoms with Crippen molar-refractivity contribution in [2.75, 3.05) is 4.72 Å². The van der Waals surface area contributed by atoms with E-state index < -0.39 is 10.0 Å². The molecule has 0 saturated carbocycles. The summed E-state index contributed by atoms with van der Waals surface area (Å²) < 4.78 is 27.8. The van der Waals surface area contributed by atoms with E-state index in [0.717, 1.165) is 22.4 Å². The van der Waals surface area contributed by atoms with Crippen molar-refractivity contribution in [2.45, 2.75) is 32.2 Å². The maximum Gasteiger partial charge on any atom is 0.261 e. The third-order valence-electron chi connectivity index (χ3n) is 4.72. The first-order valence-corrected chi connectivity index (χ1v) is 10.6. The van der Waals surface area contributed by atoms with Crippen LogP contribution >= 0.6 is 0 Å². The minimum Gasteiger partial charge on any atom is -0.346 e. The van der Waals surface area contributed by atoms with Gasteiger partial charge in [0.1, 0.15) is 0 Å². The fraction of sp³-hybridized carbons (Fsp3) is 0.182. The molecule has 0 radical (unpaired) electrons. The molecule has 0 atom stereocenters. The van der Waals surface area contributed by atoms with Crippen LogP contribution in [0.25, 0.3) is 0 Å². The van der Waals surface area contributed by atoms with Crippen molar-refractivity contribution in [3.63, 3.8) is 0 Å². The Labute approximate surface area is 171 Å². The van der Waals surface area contributed by atoms with Gasteiger partial charge >= 0.3 is 0 Å². The highest BCUT2D eigenvalue weighted by Crippen LogP contribution is 2.19. The zero-order chi connectivity index (χ0) is 21.0. The second-order valence-corrected chi connectivity index (χ2v) is 8.56. The molecule has 0 aliphatic rings. The van der Waals surface area contributed by atoms with Crippen molar-refractivity contribution < 1.29 is 13.2 Å². The Hall–Kier alpha value is -3.19. The number of aryl methyl sites for hydroxylation is 3. The van der Waals surface area contributed by atoms with Crippen molar-refractivity contribution >= 4 is 21.6 Å². The zero-order valence-corrected chi connectivity index (χ0v) is 17.4. The van der Waals surface area contributed by atoms with Crippen molar-refractivity contribution in [1.82, 2.24) is 10.3 Å². The molecule has 6 nitrogen and oxygen atoms in total. The molecule has 2 N–H and O–H groups in total. The molecule has 29 heavy (non-hydrogen) atoms. The SMILES string of the molecule is Cc1ccc(NS(=O)(=O)c2ccc(C(=O)NCc3ncccc3C)cc2)cc1C. The first kappa shape index (κ1) is 20.5. The van der Waals surface area contributed by atoms with E-state index >= 15 is 0 Å². The summed E-state index contributed by atoms with van der Waals surface area (Å²) in [5.41, 5.74) is 4.75. The maximum atomic E-state index is 12.6. The molecule has 150 valence electrons. The maximum absolute atomic E-state index is 12.6. The van der Waals surface area contributed by atoms with E-state index in [-0.39, 0.29) is 10.8 Å². The second kappa shape index (κ2) is 8.45. The Morgan fingerprint density at radius 2 is 1.66 bits per heavy atom. The highest BCUT2D eigenvalue weighted by Gasteiger charge is 2.16. The lowest BCUT2D eigenvalue weighted by atomic mass is 10.1. The quantitative estimate of drug-likeness (QED) is 0.649. The van der Waals surface area contributed by atoms with E-state index in [0.29, 0.717) is 17.8 Å². The number of pyridine rings is 1. The van der Waals surface area contributed by atoms with E-state index in [1.165, 1.54) is 24.3 Å². The Morgan fingerprint density at radius 3 is 2.31 bits per heavy atom. The highest BCUT2D eigenvalue weighted by atomic mass is 32.2. The number of hydrogen-bond acceptors (Lipinski definition) is 4. The molecule has 1 heterocycles. The third kappa shape index (κ3) is 5.00. The average molecular weight is 410 g/mol. The van der Waals surface area contributed by atoms with Crippen molar-refractivity contribution in [3.05, 3.63) is 88.7 Å². The van der Waals surface area contributed by atoms with E-state index in [9.17, 15) is 13.2 Å². The van der Waals surface area contributed by atoms with Gasteiger partial charge in [-0.2, -0.15) is 0 Å². The molecule has 1 amide bonds. The lowest BCUT2D eigenvalue weighted by molar-refractivity contribution is 0.0950. The number of nitrogens with one attached hydrogen (secondary N) is 2. The summed E-state index contributed by atoms with van der Waals surface area (Å²) in [7, 11) is -3.74. The number of amides is 1. The van der Waals surface area contributed by atoms with Gasteiger partial charge in [-0.3, -0.25) is 14.5 Å². The van der Waals surface area contributed by atoms with Crippen LogP contribution in [-0.2, 0) is 16.6 Å². The van der Waals surface area contributed by atoms with Crippen LogP contribution < -0.4 is 10.0 Å². The van der Waals surface area contributed by atoms with Crippen molar-refractivity contribution in [1.29, 1.82) is 0 Å². The molecule has 1 aromatic heterocycles.